The topological polar surface area (TPSA) is 46.2 Å². The molecule has 1 unspecified atom stereocenters. The van der Waals surface area contributed by atoms with Gasteiger partial charge in [-0.3, -0.25) is 0 Å². The molecule has 0 saturated heterocycles. The summed E-state index contributed by atoms with van der Waals surface area (Å²) in [6.45, 7) is 2.33. The van der Waals surface area contributed by atoms with Gasteiger partial charge in [-0.25, -0.2) is 0 Å². The first-order valence-corrected chi connectivity index (χ1v) is 5.14. The first-order valence-electron chi connectivity index (χ1n) is 4.35. The molecular weight excluding hydrogens is 230 g/mol. The Kier molecular flexibility index (Phi) is 3.90. The predicted octanol–water partition coefficient (Wildman–Crippen LogP) is 2.00. The molecule has 0 radical (unpaired) electrons. The molecule has 0 bridgehead atoms. The van der Waals surface area contributed by atoms with E-state index in [2.05, 4.69) is 22.9 Å². The van der Waals surface area contributed by atoms with E-state index in [0.29, 0.717) is 0 Å². The van der Waals surface area contributed by atoms with Crippen LogP contribution in [0.25, 0.3) is 0 Å². The summed E-state index contributed by atoms with van der Waals surface area (Å²) in [6, 6.07) is 5.92. The summed E-state index contributed by atoms with van der Waals surface area (Å²) < 4.78 is 0.979. The Morgan fingerprint density at radius 1 is 1.54 bits per heavy atom. The maximum absolute atomic E-state index is 9.62. The van der Waals surface area contributed by atoms with Gasteiger partial charge >= 0.3 is 0 Å². The second-order valence-corrected chi connectivity index (χ2v) is 3.86. The minimum atomic E-state index is -0.549. The Balaban J connectivity index is 3.07. The fraction of sp³-hybridized carbons (Fsp3) is 0.400. The number of hydrogen-bond donors (Lipinski definition) is 2. The van der Waals surface area contributed by atoms with Gasteiger partial charge in [0.1, 0.15) is 0 Å². The summed E-state index contributed by atoms with van der Waals surface area (Å²) in [5.74, 6) is 0. The Morgan fingerprint density at radius 3 is 2.77 bits per heavy atom. The molecule has 0 amide bonds. The van der Waals surface area contributed by atoms with Crippen molar-refractivity contribution in [3.8, 4) is 0 Å². The van der Waals surface area contributed by atoms with E-state index < -0.39 is 6.10 Å². The van der Waals surface area contributed by atoms with Gasteiger partial charge in [-0.2, -0.15) is 0 Å². The highest BCUT2D eigenvalue weighted by Gasteiger charge is 2.09. The smallest absolute Gasteiger partial charge is 0.0915 e. The predicted molar refractivity (Wildman–Crippen MR) is 57.5 cm³/mol. The molecule has 1 aromatic carbocycles. The monoisotopic (exact) mass is 243 g/mol. The van der Waals surface area contributed by atoms with Crippen molar-refractivity contribution in [1.82, 2.24) is 0 Å². The molecule has 1 atom stereocenters. The summed E-state index contributed by atoms with van der Waals surface area (Å²) in [6.07, 6.45) is 0.368. The van der Waals surface area contributed by atoms with Crippen molar-refractivity contribution < 1.29 is 5.11 Å². The van der Waals surface area contributed by atoms with E-state index in [4.69, 9.17) is 5.73 Å². The van der Waals surface area contributed by atoms with Gasteiger partial charge < -0.3 is 10.8 Å². The average molecular weight is 244 g/mol. The van der Waals surface area contributed by atoms with Gasteiger partial charge in [-0.1, -0.05) is 28.9 Å². The van der Waals surface area contributed by atoms with E-state index >= 15 is 0 Å². The lowest BCUT2D eigenvalue weighted by molar-refractivity contribution is 0.185. The molecule has 0 aromatic heterocycles. The van der Waals surface area contributed by atoms with Gasteiger partial charge in [0.15, 0.2) is 0 Å². The van der Waals surface area contributed by atoms with Crippen LogP contribution in [0.2, 0.25) is 0 Å². The van der Waals surface area contributed by atoms with Crippen LogP contribution in [-0.4, -0.2) is 11.7 Å². The van der Waals surface area contributed by atoms with Crippen molar-refractivity contribution in [2.45, 2.75) is 19.4 Å². The second-order valence-electron chi connectivity index (χ2n) is 2.95. The molecule has 0 aliphatic carbocycles. The lowest BCUT2D eigenvalue weighted by Crippen LogP contribution is -2.13. The molecule has 0 heterocycles. The summed E-state index contributed by atoms with van der Waals surface area (Å²) >= 11 is 3.37. The Bertz CT molecular complexity index is 288. The highest BCUT2D eigenvalue weighted by molar-refractivity contribution is 9.10. The Morgan fingerprint density at radius 2 is 2.23 bits per heavy atom. The largest absolute Gasteiger partial charge is 0.387 e. The standard InChI is InChI=1S/C10H14BrNO/c1-2-7-3-4-8(11)5-9(7)10(13)6-12/h3-5,10,13H,2,6,12H2,1H3. The maximum atomic E-state index is 9.62. The Labute approximate surface area is 86.9 Å². The lowest BCUT2D eigenvalue weighted by Gasteiger charge is -2.13. The first-order chi connectivity index (χ1) is 6.19. The Hall–Kier alpha value is -0.380. The van der Waals surface area contributed by atoms with Crippen LogP contribution in [0.4, 0.5) is 0 Å². The number of benzene rings is 1. The fourth-order valence-electron chi connectivity index (χ4n) is 1.32. The zero-order valence-corrected chi connectivity index (χ0v) is 9.21. The van der Waals surface area contributed by atoms with Gasteiger partial charge in [0, 0.05) is 11.0 Å². The van der Waals surface area contributed by atoms with Gasteiger partial charge in [0.2, 0.25) is 0 Å². The van der Waals surface area contributed by atoms with E-state index in [1.54, 1.807) is 0 Å². The van der Waals surface area contributed by atoms with Crippen LogP contribution in [0.5, 0.6) is 0 Å². The molecule has 0 aliphatic heterocycles. The highest BCUT2D eigenvalue weighted by atomic mass is 79.9. The third kappa shape index (κ3) is 2.53. The first kappa shape index (κ1) is 10.7. The maximum Gasteiger partial charge on any atom is 0.0915 e. The van der Waals surface area contributed by atoms with Crippen LogP contribution in [0, 0.1) is 0 Å². The van der Waals surface area contributed by atoms with Crippen molar-refractivity contribution in [1.29, 1.82) is 0 Å². The van der Waals surface area contributed by atoms with Gasteiger partial charge in [0.25, 0.3) is 0 Å². The third-order valence-electron chi connectivity index (χ3n) is 2.07. The number of aryl methyl sites for hydroxylation is 1. The van der Waals surface area contributed by atoms with Gasteiger partial charge in [-0.05, 0) is 29.7 Å². The molecule has 1 rings (SSSR count). The van der Waals surface area contributed by atoms with Crippen molar-refractivity contribution in [2.24, 2.45) is 5.73 Å². The zero-order chi connectivity index (χ0) is 9.84. The molecule has 2 nitrogen and oxygen atoms in total. The summed E-state index contributed by atoms with van der Waals surface area (Å²) in [7, 11) is 0. The number of halogens is 1. The second kappa shape index (κ2) is 4.74. The fourth-order valence-corrected chi connectivity index (χ4v) is 1.70. The van der Waals surface area contributed by atoms with Crippen LogP contribution >= 0.6 is 15.9 Å². The van der Waals surface area contributed by atoms with Crippen molar-refractivity contribution in [2.75, 3.05) is 6.54 Å². The molecule has 0 spiro atoms. The number of nitrogens with two attached hydrogens (primary N) is 1. The van der Waals surface area contributed by atoms with Gasteiger partial charge in [-0.15, -0.1) is 0 Å². The quantitative estimate of drug-likeness (QED) is 0.854. The van der Waals surface area contributed by atoms with E-state index in [0.717, 1.165) is 22.0 Å². The van der Waals surface area contributed by atoms with Crippen LogP contribution in [-0.2, 0) is 6.42 Å². The molecule has 3 heteroatoms. The normalized spacial score (nSPS) is 12.9. The summed E-state index contributed by atoms with van der Waals surface area (Å²) in [5.41, 5.74) is 7.50. The molecule has 3 N–H and O–H groups in total. The molecule has 1 aromatic rings. The SMILES string of the molecule is CCc1ccc(Br)cc1C(O)CN. The minimum absolute atomic E-state index is 0.267. The molecule has 0 fully saturated rings. The molecule has 13 heavy (non-hydrogen) atoms. The van der Waals surface area contributed by atoms with Gasteiger partial charge in [0.05, 0.1) is 6.10 Å². The highest BCUT2D eigenvalue weighted by Crippen LogP contribution is 2.22. The molecular formula is C10H14BrNO. The van der Waals surface area contributed by atoms with Crippen molar-refractivity contribution >= 4 is 15.9 Å². The van der Waals surface area contributed by atoms with Crippen LogP contribution in [0.1, 0.15) is 24.2 Å². The van der Waals surface area contributed by atoms with E-state index in [1.165, 1.54) is 0 Å². The number of hydrogen-bond acceptors (Lipinski definition) is 2. The van der Waals surface area contributed by atoms with Crippen molar-refractivity contribution in [3.05, 3.63) is 33.8 Å². The van der Waals surface area contributed by atoms with E-state index in [9.17, 15) is 5.11 Å². The molecule has 72 valence electrons. The minimum Gasteiger partial charge on any atom is -0.387 e. The third-order valence-corrected chi connectivity index (χ3v) is 2.56. The van der Waals surface area contributed by atoms with Crippen molar-refractivity contribution in [3.63, 3.8) is 0 Å². The molecule has 0 aliphatic rings. The lowest BCUT2D eigenvalue weighted by atomic mass is 10.0. The number of rotatable bonds is 3. The van der Waals surface area contributed by atoms with Crippen LogP contribution < -0.4 is 5.73 Å². The number of aliphatic hydroxyl groups excluding tert-OH is 1. The van der Waals surface area contributed by atoms with Crippen LogP contribution in [0.15, 0.2) is 22.7 Å². The van der Waals surface area contributed by atoms with E-state index in [1.807, 2.05) is 18.2 Å². The zero-order valence-electron chi connectivity index (χ0n) is 7.63. The summed E-state index contributed by atoms with van der Waals surface area (Å²) in [5, 5.41) is 9.62. The average Bonchev–Trinajstić information content (AvgIpc) is 2.16. The van der Waals surface area contributed by atoms with Crippen LogP contribution in [0.3, 0.4) is 0 Å². The van der Waals surface area contributed by atoms with E-state index in [-0.39, 0.29) is 6.54 Å². The summed E-state index contributed by atoms with van der Waals surface area (Å²) in [4.78, 5) is 0. The molecule has 0 saturated carbocycles. The number of aliphatic hydroxyl groups is 1.